The van der Waals surface area contributed by atoms with Gasteiger partial charge in [0.25, 0.3) is 5.91 Å². The van der Waals surface area contributed by atoms with Crippen LogP contribution in [0.4, 0.5) is 5.82 Å². The van der Waals surface area contributed by atoms with Gasteiger partial charge in [0.15, 0.2) is 11.5 Å². The van der Waals surface area contributed by atoms with Crippen molar-refractivity contribution in [2.75, 3.05) is 12.4 Å². The van der Waals surface area contributed by atoms with Gasteiger partial charge in [0.05, 0.1) is 5.69 Å². The van der Waals surface area contributed by atoms with Gasteiger partial charge in [0.1, 0.15) is 5.69 Å². The standard InChI is InChI=1S/C20H25N5O/c1-6-15-9-7-8-12(2)16(15)10-22-18-19-23-13(3)14(4)25(19)11-17(24-18)20(26)21-5/h7-9,11H,6,10H2,1-5H3,(H,21,26)(H,22,24). The van der Waals surface area contributed by atoms with Crippen LogP contribution in [-0.2, 0) is 13.0 Å². The summed E-state index contributed by atoms with van der Waals surface area (Å²) in [6.45, 7) is 8.86. The van der Waals surface area contributed by atoms with Gasteiger partial charge in [-0.25, -0.2) is 9.97 Å². The number of carbonyl (C=O) groups is 1. The van der Waals surface area contributed by atoms with Crippen molar-refractivity contribution >= 4 is 17.4 Å². The zero-order valence-corrected chi connectivity index (χ0v) is 16.0. The second-order valence-electron chi connectivity index (χ2n) is 6.45. The van der Waals surface area contributed by atoms with Crippen LogP contribution in [-0.4, -0.2) is 27.3 Å². The van der Waals surface area contributed by atoms with E-state index in [4.69, 9.17) is 0 Å². The van der Waals surface area contributed by atoms with Gasteiger partial charge in [-0.3, -0.25) is 9.20 Å². The van der Waals surface area contributed by atoms with E-state index < -0.39 is 0 Å². The summed E-state index contributed by atoms with van der Waals surface area (Å²) in [5, 5.41) is 6.04. The Morgan fingerprint density at radius 1 is 1.19 bits per heavy atom. The number of benzene rings is 1. The van der Waals surface area contributed by atoms with E-state index in [1.165, 1.54) is 16.7 Å². The highest BCUT2D eigenvalue weighted by Gasteiger charge is 2.16. The van der Waals surface area contributed by atoms with Crippen molar-refractivity contribution in [2.45, 2.75) is 40.7 Å². The molecule has 0 bridgehead atoms. The van der Waals surface area contributed by atoms with E-state index in [0.29, 0.717) is 18.1 Å². The highest BCUT2D eigenvalue weighted by molar-refractivity contribution is 5.92. The fourth-order valence-corrected chi connectivity index (χ4v) is 3.15. The van der Waals surface area contributed by atoms with Gasteiger partial charge in [-0.2, -0.15) is 0 Å². The van der Waals surface area contributed by atoms with Crippen LogP contribution in [0.5, 0.6) is 0 Å². The monoisotopic (exact) mass is 351 g/mol. The molecule has 0 spiro atoms. The van der Waals surface area contributed by atoms with Crippen molar-refractivity contribution in [1.82, 2.24) is 19.7 Å². The largest absolute Gasteiger partial charge is 0.363 e. The van der Waals surface area contributed by atoms with Crippen LogP contribution in [0, 0.1) is 20.8 Å². The number of carbonyl (C=O) groups excluding carboxylic acids is 1. The average molecular weight is 351 g/mol. The van der Waals surface area contributed by atoms with Crippen LogP contribution in [0.2, 0.25) is 0 Å². The Bertz CT molecular complexity index is 974. The molecule has 3 rings (SSSR count). The first-order valence-electron chi connectivity index (χ1n) is 8.85. The van der Waals surface area contributed by atoms with Crippen LogP contribution in [0.25, 0.3) is 5.65 Å². The predicted molar refractivity (Wildman–Crippen MR) is 104 cm³/mol. The molecular weight excluding hydrogens is 326 g/mol. The number of nitrogens with one attached hydrogen (secondary N) is 2. The normalized spacial score (nSPS) is 11.0. The molecule has 6 nitrogen and oxygen atoms in total. The van der Waals surface area contributed by atoms with E-state index in [-0.39, 0.29) is 5.91 Å². The summed E-state index contributed by atoms with van der Waals surface area (Å²) in [7, 11) is 1.61. The number of anilines is 1. The number of imidazole rings is 1. The zero-order chi connectivity index (χ0) is 18.8. The van der Waals surface area contributed by atoms with Gasteiger partial charge >= 0.3 is 0 Å². The SMILES string of the molecule is CCc1cccc(C)c1CNc1nc(C(=O)NC)cn2c(C)c(C)nc12. The van der Waals surface area contributed by atoms with Crippen molar-refractivity contribution in [1.29, 1.82) is 0 Å². The van der Waals surface area contributed by atoms with Crippen LogP contribution >= 0.6 is 0 Å². The Hall–Kier alpha value is -2.89. The third kappa shape index (κ3) is 3.14. The maximum absolute atomic E-state index is 12.1. The van der Waals surface area contributed by atoms with E-state index in [1.807, 2.05) is 18.2 Å². The van der Waals surface area contributed by atoms with E-state index in [1.54, 1.807) is 13.2 Å². The van der Waals surface area contributed by atoms with Crippen LogP contribution in [0.1, 0.15) is 45.5 Å². The van der Waals surface area contributed by atoms with Gasteiger partial charge in [0.2, 0.25) is 0 Å². The Morgan fingerprint density at radius 2 is 1.96 bits per heavy atom. The number of hydrogen-bond acceptors (Lipinski definition) is 4. The summed E-state index contributed by atoms with van der Waals surface area (Å²) in [4.78, 5) is 21.3. The minimum absolute atomic E-state index is 0.217. The third-order valence-corrected chi connectivity index (χ3v) is 4.86. The van der Waals surface area contributed by atoms with Gasteiger partial charge in [0, 0.05) is 25.5 Å². The lowest BCUT2D eigenvalue weighted by Crippen LogP contribution is -2.21. The van der Waals surface area contributed by atoms with Crippen molar-refractivity contribution in [2.24, 2.45) is 0 Å². The number of fused-ring (bicyclic) bond motifs is 1. The smallest absolute Gasteiger partial charge is 0.271 e. The second-order valence-corrected chi connectivity index (χ2v) is 6.45. The van der Waals surface area contributed by atoms with Crippen molar-refractivity contribution in [3.05, 3.63) is 58.2 Å². The van der Waals surface area contributed by atoms with Gasteiger partial charge in [-0.1, -0.05) is 25.1 Å². The van der Waals surface area contributed by atoms with Crippen molar-refractivity contribution in [3.63, 3.8) is 0 Å². The van der Waals surface area contributed by atoms with E-state index in [2.05, 4.69) is 52.6 Å². The van der Waals surface area contributed by atoms with E-state index in [0.717, 1.165) is 23.5 Å². The first kappa shape index (κ1) is 17.9. The highest BCUT2D eigenvalue weighted by Crippen LogP contribution is 2.21. The first-order valence-corrected chi connectivity index (χ1v) is 8.85. The van der Waals surface area contributed by atoms with Crippen LogP contribution < -0.4 is 10.6 Å². The lowest BCUT2D eigenvalue weighted by molar-refractivity contribution is 0.0958. The molecule has 3 aromatic rings. The molecule has 2 N–H and O–H groups in total. The maximum atomic E-state index is 12.1. The highest BCUT2D eigenvalue weighted by atomic mass is 16.1. The molecule has 0 aliphatic rings. The minimum Gasteiger partial charge on any atom is -0.363 e. The number of aromatic nitrogens is 3. The molecule has 0 atom stereocenters. The minimum atomic E-state index is -0.217. The Morgan fingerprint density at radius 3 is 2.65 bits per heavy atom. The van der Waals surface area contributed by atoms with E-state index in [9.17, 15) is 4.79 Å². The maximum Gasteiger partial charge on any atom is 0.271 e. The van der Waals surface area contributed by atoms with E-state index >= 15 is 0 Å². The first-order chi connectivity index (χ1) is 12.5. The summed E-state index contributed by atoms with van der Waals surface area (Å²) in [6, 6.07) is 6.35. The molecule has 1 amide bonds. The molecule has 0 aliphatic heterocycles. The van der Waals surface area contributed by atoms with Crippen LogP contribution in [0.15, 0.2) is 24.4 Å². The van der Waals surface area contributed by atoms with Gasteiger partial charge in [-0.15, -0.1) is 0 Å². The number of amides is 1. The molecule has 136 valence electrons. The van der Waals surface area contributed by atoms with Crippen molar-refractivity contribution in [3.8, 4) is 0 Å². The number of aryl methyl sites for hydroxylation is 4. The fraction of sp³-hybridized carbons (Fsp3) is 0.350. The molecule has 0 saturated carbocycles. The fourth-order valence-electron chi connectivity index (χ4n) is 3.15. The predicted octanol–water partition coefficient (Wildman–Crippen LogP) is 3.19. The molecule has 2 heterocycles. The summed E-state index contributed by atoms with van der Waals surface area (Å²) in [5.74, 6) is 0.401. The Balaban J connectivity index is 2.04. The second kappa shape index (κ2) is 7.15. The molecule has 0 saturated heterocycles. The molecule has 0 unspecified atom stereocenters. The molecule has 2 aromatic heterocycles. The molecule has 0 radical (unpaired) electrons. The average Bonchev–Trinajstić information content (AvgIpc) is 2.94. The molecular formula is C20H25N5O. The summed E-state index contributed by atoms with van der Waals surface area (Å²) in [5.41, 5.74) is 6.84. The Kier molecular flexibility index (Phi) is 4.93. The Labute approximate surface area is 153 Å². The lowest BCUT2D eigenvalue weighted by atomic mass is 10.00. The molecule has 26 heavy (non-hydrogen) atoms. The van der Waals surface area contributed by atoms with Crippen LogP contribution in [0.3, 0.4) is 0 Å². The number of hydrogen-bond donors (Lipinski definition) is 2. The molecule has 6 heteroatoms. The summed E-state index contributed by atoms with van der Waals surface area (Å²) in [6.07, 6.45) is 2.71. The molecule has 0 aliphatic carbocycles. The van der Waals surface area contributed by atoms with Crippen molar-refractivity contribution < 1.29 is 4.79 Å². The number of rotatable bonds is 5. The third-order valence-electron chi connectivity index (χ3n) is 4.86. The number of nitrogens with zero attached hydrogens (tertiary/aromatic N) is 3. The lowest BCUT2D eigenvalue weighted by Gasteiger charge is -2.14. The zero-order valence-electron chi connectivity index (χ0n) is 16.0. The molecule has 1 aromatic carbocycles. The summed E-state index contributed by atoms with van der Waals surface area (Å²) < 4.78 is 1.92. The van der Waals surface area contributed by atoms with Gasteiger partial charge < -0.3 is 10.6 Å². The van der Waals surface area contributed by atoms with Gasteiger partial charge in [-0.05, 0) is 43.9 Å². The topological polar surface area (TPSA) is 71.3 Å². The quantitative estimate of drug-likeness (QED) is 0.740. The molecule has 0 fully saturated rings. The summed E-state index contributed by atoms with van der Waals surface area (Å²) >= 11 is 0.